The van der Waals surface area contributed by atoms with Crippen LogP contribution in [0, 0.1) is 28.6 Å². The SMILES string of the molecule is CC(C(=O)O)=C1CC[C@H]2[C@@H]3CCC4=CC(=O)C=C(Cl)[C@]4(C)[C@H]3CC[C@]12C. The fourth-order valence-corrected chi connectivity index (χ4v) is 7.19. The van der Waals surface area contributed by atoms with Crippen molar-refractivity contribution in [1.82, 2.24) is 0 Å². The van der Waals surface area contributed by atoms with E-state index in [1.54, 1.807) is 13.0 Å². The van der Waals surface area contributed by atoms with Crippen LogP contribution in [0.25, 0.3) is 0 Å². The summed E-state index contributed by atoms with van der Waals surface area (Å²) in [5, 5.41) is 10.2. The molecule has 0 aromatic carbocycles. The predicted molar refractivity (Wildman–Crippen MR) is 102 cm³/mol. The summed E-state index contributed by atoms with van der Waals surface area (Å²) >= 11 is 6.66. The third-order valence-electron chi connectivity index (χ3n) is 8.23. The number of allylic oxidation sites excluding steroid dienone is 5. The van der Waals surface area contributed by atoms with Gasteiger partial charge < -0.3 is 5.11 Å². The molecule has 3 fully saturated rings. The molecule has 0 radical (unpaired) electrons. The van der Waals surface area contributed by atoms with E-state index in [0.717, 1.165) is 38.5 Å². The minimum Gasteiger partial charge on any atom is -0.478 e. The third-order valence-corrected chi connectivity index (χ3v) is 8.73. The largest absolute Gasteiger partial charge is 0.478 e. The molecule has 4 heteroatoms. The molecule has 0 aromatic rings. The van der Waals surface area contributed by atoms with E-state index in [2.05, 4.69) is 13.8 Å². The standard InChI is InChI=1S/C22H27ClO3/c1-12(20(25)26)16-6-7-17-15-5-4-13-10-14(24)11-19(23)22(13,3)18(15)8-9-21(16,17)2/h10-11,15,17-18H,4-9H2,1-3H3,(H,25,26)/t15-,17-,18-,21+,22-/m0/s1. The van der Waals surface area contributed by atoms with E-state index in [0.29, 0.717) is 28.4 Å². The van der Waals surface area contributed by atoms with Crippen LogP contribution in [0.5, 0.6) is 0 Å². The van der Waals surface area contributed by atoms with E-state index in [4.69, 9.17) is 11.6 Å². The van der Waals surface area contributed by atoms with Crippen LogP contribution in [0.15, 0.2) is 33.9 Å². The van der Waals surface area contributed by atoms with Crippen molar-refractivity contribution in [3.8, 4) is 0 Å². The zero-order chi connectivity index (χ0) is 18.9. The summed E-state index contributed by atoms with van der Waals surface area (Å²) in [5.74, 6) is 0.754. The van der Waals surface area contributed by atoms with Crippen molar-refractivity contribution in [2.75, 3.05) is 0 Å². The van der Waals surface area contributed by atoms with E-state index in [-0.39, 0.29) is 16.6 Å². The lowest BCUT2D eigenvalue weighted by atomic mass is 9.48. The molecule has 0 heterocycles. The highest BCUT2D eigenvalue weighted by Crippen LogP contribution is 2.67. The van der Waals surface area contributed by atoms with E-state index in [1.807, 2.05) is 6.08 Å². The van der Waals surface area contributed by atoms with Crippen molar-refractivity contribution in [3.63, 3.8) is 0 Å². The third kappa shape index (κ3) is 2.25. The molecule has 140 valence electrons. The van der Waals surface area contributed by atoms with Crippen molar-refractivity contribution < 1.29 is 14.7 Å². The van der Waals surface area contributed by atoms with Gasteiger partial charge in [-0.25, -0.2) is 4.79 Å². The molecule has 0 bridgehead atoms. The monoisotopic (exact) mass is 374 g/mol. The Balaban J connectivity index is 1.73. The minimum absolute atomic E-state index is 0.00188. The number of aliphatic carboxylic acids is 1. The molecule has 4 rings (SSSR count). The van der Waals surface area contributed by atoms with Crippen LogP contribution in [0.2, 0.25) is 0 Å². The van der Waals surface area contributed by atoms with Crippen LogP contribution >= 0.6 is 11.6 Å². The first kappa shape index (κ1) is 18.0. The van der Waals surface area contributed by atoms with E-state index < -0.39 is 5.97 Å². The lowest BCUT2D eigenvalue weighted by Crippen LogP contribution is -2.49. The van der Waals surface area contributed by atoms with Crippen molar-refractivity contribution in [3.05, 3.63) is 33.9 Å². The molecule has 0 amide bonds. The zero-order valence-corrected chi connectivity index (χ0v) is 16.5. The van der Waals surface area contributed by atoms with E-state index in [9.17, 15) is 14.7 Å². The fraction of sp³-hybridized carbons (Fsp3) is 0.636. The number of carbonyl (C=O) groups excluding carboxylic acids is 1. The summed E-state index contributed by atoms with van der Waals surface area (Å²) in [5.41, 5.74) is 2.71. The molecule has 26 heavy (non-hydrogen) atoms. The predicted octanol–water partition coefficient (Wildman–Crippen LogP) is 5.26. The molecule has 0 saturated heterocycles. The Morgan fingerprint density at radius 2 is 1.88 bits per heavy atom. The second-order valence-corrected chi connectivity index (χ2v) is 9.49. The van der Waals surface area contributed by atoms with Gasteiger partial charge in [0.15, 0.2) is 5.78 Å². The molecular weight excluding hydrogens is 348 g/mol. The zero-order valence-electron chi connectivity index (χ0n) is 15.8. The topological polar surface area (TPSA) is 54.4 Å². The number of fused-ring (bicyclic) bond motifs is 5. The number of carbonyl (C=O) groups is 2. The summed E-state index contributed by atoms with van der Waals surface area (Å²) in [6, 6.07) is 0. The van der Waals surface area contributed by atoms with Gasteiger partial charge in [0.25, 0.3) is 0 Å². The quantitative estimate of drug-likeness (QED) is 0.637. The van der Waals surface area contributed by atoms with Crippen LogP contribution in [-0.2, 0) is 9.59 Å². The lowest BCUT2D eigenvalue weighted by Gasteiger charge is -2.57. The number of halogens is 1. The Labute approximate surface area is 160 Å². The summed E-state index contributed by atoms with van der Waals surface area (Å²) in [4.78, 5) is 23.5. The molecule has 1 N–H and O–H groups in total. The number of carboxylic acid groups (broad SMARTS) is 1. The van der Waals surface area contributed by atoms with Crippen molar-refractivity contribution in [2.24, 2.45) is 28.6 Å². The molecule has 0 unspecified atom stereocenters. The van der Waals surface area contributed by atoms with Crippen molar-refractivity contribution in [1.29, 1.82) is 0 Å². The second-order valence-electron chi connectivity index (χ2n) is 9.09. The highest BCUT2D eigenvalue weighted by atomic mass is 35.5. The molecule has 0 aliphatic heterocycles. The summed E-state index contributed by atoms with van der Waals surface area (Å²) in [6.07, 6.45) is 9.47. The Hall–Kier alpha value is -1.35. The maximum absolute atomic E-state index is 11.9. The maximum Gasteiger partial charge on any atom is 0.331 e. The number of hydrogen-bond acceptors (Lipinski definition) is 2. The molecular formula is C22H27ClO3. The highest BCUT2D eigenvalue weighted by Gasteiger charge is 2.58. The molecule has 5 atom stereocenters. The number of rotatable bonds is 1. The molecule has 0 aromatic heterocycles. The molecule has 4 aliphatic rings. The fourth-order valence-electron chi connectivity index (χ4n) is 6.83. The molecule has 3 nitrogen and oxygen atoms in total. The normalized spacial score (nSPS) is 43.7. The van der Waals surface area contributed by atoms with Gasteiger partial charge in [0.2, 0.25) is 0 Å². The van der Waals surface area contributed by atoms with Gasteiger partial charge in [0, 0.05) is 22.1 Å². The number of carboxylic acids is 1. The van der Waals surface area contributed by atoms with Gasteiger partial charge in [-0.05, 0) is 74.7 Å². The van der Waals surface area contributed by atoms with Crippen LogP contribution < -0.4 is 0 Å². The Bertz CT molecular complexity index is 789. The van der Waals surface area contributed by atoms with Gasteiger partial charge >= 0.3 is 5.97 Å². The van der Waals surface area contributed by atoms with Gasteiger partial charge in [0.05, 0.1) is 0 Å². The molecule has 0 spiro atoms. The lowest BCUT2D eigenvalue weighted by molar-refractivity contribution is -0.132. The Morgan fingerprint density at radius 1 is 1.15 bits per heavy atom. The Morgan fingerprint density at radius 3 is 2.58 bits per heavy atom. The molecule has 4 aliphatic carbocycles. The number of ketones is 1. The van der Waals surface area contributed by atoms with Crippen LogP contribution in [0.4, 0.5) is 0 Å². The number of hydrogen-bond donors (Lipinski definition) is 1. The first-order chi connectivity index (χ1) is 12.2. The van der Waals surface area contributed by atoms with Crippen molar-refractivity contribution >= 4 is 23.4 Å². The van der Waals surface area contributed by atoms with Gasteiger partial charge in [-0.1, -0.05) is 36.6 Å². The molecule has 3 saturated carbocycles. The highest BCUT2D eigenvalue weighted by molar-refractivity contribution is 6.33. The van der Waals surface area contributed by atoms with E-state index >= 15 is 0 Å². The Kier molecular flexibility index (Phi) is 4.04. The average Bonchev–Trinajstić information content (AvgIpc) is 2.92. The van der Waals surface area contributed by atoms with Crippen LogP contribution in [0.1, 0.15) is 59.3 Å². The van der Waals surface area contributed by atoms with Crippen molar-refractivity contribution in [2.45, 2.75) is 59.3 Å². The van der Waals surface area contributed by atoms with E-state index in [1.165, 1.54) is 11.1 Å². The summed E-state index contributed by atoms with van der Waals surface area (Å²) < 4.78 is 0. The summed E-state index contributed by atoms with van der Waals surface area (Å²) in [7, 11) is 0. The van der Waals surface area contributed by atoms with Gasteiger partial charge in [0.1, 0.15) is 0 Å². The van der Waals surface area contributed by atoms with Crippen LogP contribution in [-0.4, -0.2) is 16.9 Å². The average molecular weight is 375 g/mol. The second kappa shape index (κ2) is 5.82. The van der Waals surface area contributed by atoms with Crippen LogP contribution in [0.3, 0.4) is 0 Å². The van der Waals surface area contributed by atoms with Gasteiger partial charge in [-0.3, -0.25) is 4.79 Å². The smallest absolute Gasteiger partial charge is 0.331 e. The first-order valence-electron chi connectivity index (χ1n) is 9.75. The first-order valence-corrected chi connectivity index (χ1v) is 10.1. The summed E-state index contributed by atoms with van der Waals surface area (Å²) in [6.45, 7) is 6.28. The minimum atomic E-state index is -0.776. The van der Waals surface area contributed by atoms with Gasteiger partial charge in [-0.15, -0.1) is 0 Å². The maximum atomic E-state index is 11.9. The van der Waals surface area contributed by atoms with Gasteiger partial charge in [-0.2, -0.15) is 0 Å².